The second kappa shape index (κ2) is 4.09. The topological polar surface area (TPSA) is 61.0 Å². The second-order valence-corrected chi connectivity index (χ2v) is 6.66. The number of nitrogen functional groups attached to an aromatic ring is 1. The van der Waals surface area contributed by atoms with Crippen molar-refractivity contribution >= 4 is 5.82 Å². The summed E-state index contributed by atoms with van der Waals surface area (Å²) in [4.78, 5) is 8.69. The summed E-state index contributed by atoms with van der Waals surface area (Å²) in [6, 6.07) is 2.39. The summed E-state index contributed by atoms with van der Waals surface area (Å²) >= 11 is 0. The van der Waals surface area contributed by atoms with Crippen molar-refractivity contribution in [2.75, 3.05) is 12.8 Å². The van der Waals surface area contributed by atoms with Gasteiger partial charge >= 0.3 is 6.01 Å². The van der Waals surface area contributed by atoms with E-state index in [-0.39, 0.29) is 0 Å². The molecule has 2 N–H and O–H groups in total. The van der Waals surface area contributed by atoms with Crippen LogP contribution < -0.4 is 10.5 Å². The number of anilines is 1. The maximum Gasteiger partial charge on any atom is 0.318 e. The Kier molecular flexibility index (Phi) is 2.47. The van der Waals surface area contributed by atoms with Crippen molar-refractivity contribution in [2.24, 2.45) is 23.7 Å². The van der Waals surface area contributed by atoms with E-state index in [1.54, 1.807) is 7.11 Å². The van der Waals surface area contributed by atoms with Crippen LogP contribution in [0.1, 0.15) is 43.7 Å². The fraction of sp³-hybridized carbons (Fsp3) is 0.733. The van der Waals surface area contributed by atoms with Gasteiger partial charge in [0.05, 0.1) is 12.8 Å². The molecule has 4 fully saturated rings. The Morgan fingerprint density at radius 2 is 1.68 bits per heavy atom. The maximum absolute atomic E-state index is 5.90. The summed E-state index contributed by atoms with van der Waals surface area (Å²) < 4.78 is 5.18. The quantitative estimate of drug-likeness (QED) is 0.886. The van der Waals surface area contributed by atoms with Gasteiger partial charge < -0.3 is 10.5 Å². The van der Waals surface area contributed by atoms with Gasteiger partial charge in [-0.3, -0.25) is 0 Å². The lowest BCUT2D eigenvalue weighted by molar-refractivity contribution is -0.00431. The zero-order valence-electron chi connectivity index (χ0n) is 11.4. The molecule has 4 aliphatic rings. The highest BCUT2D eigenvalue weighted by molar-refractivity contribution is 5.34. The van der Waals surface area contributed by atoms with Gasteiger partial charge in [-0.1, -0.05) is 0 Å². The van der Waals surface area contributed by atoms with E-state index in [1.165, 1.54) is 32.1 Å². The molecule has 0 saturated heterocycles. The Balaban J connectivity index is 1.70. The highest BCUT2D eigenvalue weighted by Crippen LogP contribution is 2.59. The third-order valence-electron chi connectivity index (χ3n) is 5.50. The molecule has 5 rings (SSSR count). The molecule has 102 valence electrons. The van der Waals surface area contributed by atoms with Gasteiger partial charge in [0.2, 0.25) is 0 Å². The molecule has 1 heterocycles. The molecule has 0 aromatic carbocycles. The van der Waals surface area contributed by atoms with E-state index >= 15 is 0 Å². The second-order valence-electron chi connectivity index (χ2n) is 6.66. The van der Waals surface area contributed by atoms with Gasteiger partial charge in [0, 0.05) is 12.0 Å². The molecule has 4 nitrogen and oxygen atoms in total. The number of rotatable bonds is 2. The standard InChI is InChI=1S/C15H21N3O/c1-19-15-17-12(7-13(16)18-15)14-10-3-8-2-9(5-10)6-11(14)4-8/h7-11,14H,2-6H2,1H3,(H2,16,17,18). The Morgan fingerprint density at radius 3 is 2.26 bits per heavy atom. The average Bonchev–Trinajstić information content (AvgIpc) is 2.36. The summed E-state index contributed by atoms with van der Waals surface area (Å²) in [7, 11) is 1.61. The highest BCUT2D eigenvalue weighted by Gasteiger charge is 2.49. The minimum Gasteiger partial charge on any atom is -0.467 e. The fourth-order valence-corrected chi connectivity index (χ4v) is 5.13. The van der Waals surface area contributed by atoms with Crippen LogP contribution in [0.25, 0.3) is 0 Å². The normalized spacial score (nSPS) is 39.5. The minimum atomic E-state index is 0.420. The minimum absolute atomic E-state index is 0.420. The molecule has 0 atom stereocenters. The van der Waals surface area contributed by atoms with E-state index in [1.807, 2.05) is 6.07 Å². The van der Waals surface area contributed by atoms with Gasteiger partial charge in [0.1, 0.15) is 5.82 Å². The lowest BCUT2D eigenvalue weighted by Gasteiger charge is -2.54. The largest absolute Gasteiger partial charge is 0.467 e. The number of nitrogens with zero attached hydrogens (tertiary/aromatic N) is 2. The SMILES string of the molecule is COc1nc(N)cc(C2C3CC4CC(C3)CC2C4)n1. The summed E-state index contributed by atoms with van der Waals surface area (Å²) in [6.45, 7) is 0. The molecule has 1 aromatic heterocycles. The Labute approximate surface area is 113 Å². The van der Waals surface area contributed by atoms with Crippen LogP contribution in [0.5, 0.6) is 6.01 Å². The summed E-state index contributed by atoms with van der Waals surface area (Å²) in [5.41, 5.74) is 7.02. The van der Waals surface area contributed by atoms with Gasteiger partial charge in [-0.15, -0.1) is 0 Å². The maximum atomic E-state index is 5.90. The number of aromatic nitrogens is 2. The molecule has 4 aliphatic carbocycles. The van der Waals surface area contributed by atoms with E-state index in [9.17, 15) is 0 Å². The molecule has 4 saturated carbocycles. The molecule has 1 aromatic rings. The van der Waals surface area contributed by atoms with Crippen molar-refractivity contribution in [3.05, 3.63) is 11.8 Å². The summed E-state index contributed by atoms with van der Waals surface area (Å²) in [6.07, 6.45) is 7.05. The molecule has 0 amide bonds. The van der Waals surface area contributed by atoms with E-state index in [4.69, 9.17) is 10.5 Å². The van der Waals surface area contributed by atoms with Crippen LogP contribution in [0.3, 0.4) is 0 Å². The molecule has 4 heteroatoms. The first-order valence-corrected chi connectivity index (χ1v) is 7.41. The van der Waals surface area contributed by atoms with Crippen LogP contribution in [0, 0.1) is 23.7 Å². The van der Waals surface area contributed by atoms with Crippen LogP contribution in [-0.2, 0) is 0 Å². The van der Waals surface area contributed by atoms with Gasteiger partial charge in [-0.05, 0) is 55.8 Å². The van der Waals surface area contributed by atoms with E-state index in [2.05, 4.69) is 9.97 Å². The van der Waals surface area contributed by atoms with Gasteiger partial charge in [-0.25, -0.2) is 0 Å². The molecular formula is C15H21N3O. The molecule has 19 heavy (non-hydrogen) atoms. The predicted molar refractivity (Wildman–Crippen MR) is 72.8 cm³/mol. The Hall–Kier alpha value is -1.32. The van der Waals surface area contributed by atoms with Crippen LogP contribution >= 0.6 is 0 Å². The highest BCUT2D eigenvalue weighted by atomic mass is 16.5. The zero-order chi connectivity index (χ0) is 13.0. The molecule has 0 unspecified atom stereocenters. The number of ether oxygens (including phenoxy) is 1. The summed E-state index contributed by atoms with van der Waals surface area (Å²) in [5.74, 6) is 4.73. The fourth-order valence-electron chi connectivity index (χ4n) is 5.13. The first-order chi connectivity index (χ1) is 9.22. The number of nitrogens with two attached hydrogens (primary N) is 1. The van der Waals surface area contributed by atoms with Crippen molar-refractivity contribution in [2.45, 2.75) is 38.0 Å². The van der Waals surface area contributed by atoms with Crippen molar-refractivity contribution in [1.82, 2.24) is 9.97 Å². The van der Waals surface area contributed by atoms with Gasteiger partial charge in [-0.2, -0.15) is 9.97 Å². The summed E-state index contributed by atoms with van der Waals surface area (Å²) in [5, 5.41) is 0. The first-order valence-electron chi connectivity index (χ1n) is 7.41. The zero-order valence-corrected chi connectivity index (χ0v) is 11.4. The van der Waals surface area contributed by atoms with Crippen molar-refractivity contribution in [3.63, 3.8) is 0 Å². The van der Waals surface area contributed by atoms with Crippen molar-refractivity contribution < 1.29 is 4.74 Å². The number of hydrogen-bond donors (Lipinski definition) is 1. The van der Waals surface area contributed by atoms with E-state index < -0.39 is 0 Å². The van der Waals surface area contributed by atoms with Crippen molar-refractivity contribution in [1.29, 1.82) is 0 Å². The lowest BCUT2D eigenvalue weighted by Crippen LogP contribution is -2.44. The molecule has 0 aliphatic heterocycles. The van der Waals surface area contributed by atoms with E-state index in [0.717, 1.165) is 29.4 Å². The monoisotopic (exact) mass is 259 g/mol. The molecule has 0 radical (unpaired) electrons. The van der Waals surface area contributed by atoms with Crippen LogP contribution in [0.2, 0.25) is 0 Å². The Bertz CT molecular complexity index is 474. The smallest absolute Gasteiger partial charge is 0.318 e. The predicted octanol–water partition coefficient (Wildman–Crippen LogP) is 2.61. The number of methoxy groups -OCH3 is 1. The van der Waals surface area contributed by atoms with E-state index in [0.29, 0.717) is 17.7 Å². The lowest BCUT2D eigenvalue weighted by atomic mass is 9.51. The average molecular weight is 259 g/mol. The van der Waals surface area contributed by atoms with Crippen LogP contribution in [-0.4, -0.2) is 17.1 Å². The molecular weight excluding hydrogens is 238 g/mol. The first kappa shape index (κ1) is 11.5. The van der Waals surface area contributed by atoms with Crippen molar-refractivity contribution in [3.8, 4) is 6.01 Å². The van der Waals surface area contributed by atoms with Gasteiger partial charge in [0.25, 0.3) is 0 Å². The van der Waals surface area contributed by atoms with Crippen LogP contribution in [0.4, 0.5) is 5.82 Å². The number of hydrogen-bond acceptors (Lipinski definition) is 4. The molecule has 4 bridgehead atoms. The van der Waals surface area contributed by atoms with Gasteiger partial charge in [0.15, 0.2) is 0 Å². The third kappa shape index (κ3) is 1.80. The Morgan fingerprint density at radius 1 is 1.05 bits per heavy atom. The third-order valence-corrected chi connectivity index (χ3v) is 5.50. The van der Waals surface area contributed by atoms with Crippen LogP contribution in [0.15, 0.2) is 6.07 Å². The molecule has 0 spiro atoms.